The number of alkyl halides is 2. The minimum atomic E-state index is -3.13. The summed E-state index contributed by atoms with van der Waals surface area (Å²) in [7, 11) is 3.72. The van der Waals surface area contributed by atoms with Crippen LogP contribution in [0.1, 0.15) is 25.3 Å². The van der Waals surface area contributed by atoms with E-state index in [1.165, 1.54) is 11.2 Å². The number of likely N-dealkylation sites (tertiary alicyclic amines) is 1. The van der Waals surface area contributed by atoms with E-state index in [-0.39, 0.29) is 19.2 Å². The van der Waals surface area contributed by atoms with E-state index in [0.717, 1.165) is 25.3 Å². The number of carbonyl (C=O) groups is 1. The molecule has 0 aliphatic carbocycles. The van der Waals surface area contributed by atoms with Crippen molar-refractivity contribution in [2.45, 2.75) is 44.4 Å². The molecule has 2 atom stereocenters. The lowest BCUT2D eigenvalue weighted by atomic mass is 10.1. The number of hydrogen-bond acceptors (Lipinski definition) is 11. The third-order valence-corrected chi connectivity index (χ3v) is 8.03. The first kappa shape index (κ1) is 31.8. The molecule has 2 fully saturated rings. The minimum Gasteiger partial charge on any atom is -0.489 e. The number of pyridine rings is 1. The highest BCUT2D eigenvalue weighted by molar-refractivity contribution is 5.81. The van der Waals surface area contributed by atoms with Gasteiger partial charge in [-0.15, -0.1) is 0 Å². The highest BCUT2D eigenvalue weighted by Gasteiger charge is 2.33. The van der Waals surface area contributed by atoms with Gasteiger partial charge in [-0.25, -0.2) is 18.7 Å². The molecular formula is C31H36F2N8O4. The maximum Gasteiger partial charge on any atom is 0.273 e. The van der Waals surface area contributed by atoms with Crippen LogP contribution in [0.25, 0.3) is 11.3 Å². The van der Waals surface area contributed by atoms with Crippen LogP contribution in [0.2, 0.25) is 0 Å². The van der Waals surface area contributed by atoms with Gasteiger partial charge in [0.1, 0.15) is 41.6 Å². The van der Waals surface area contributed by atoms with Crippen molar-refractivity contribution >= 4 is 23.2 Å². The number of amides is 1. The normalized spacial score (nSPS) is 18.4. The van der Waals surface area contributed by atoms with Crippen molar-refractivity contribution in [1.82, 2.24) is 24.8 Å². The summed E-state index contributed by atoms with van der Waals surface area (Å²) in [5.74, 6) is 0.962. The first-order chi connectivity index (χ1) is 21.7. The number of likely N-dealkylation sites (N-methyl/N-ethyl adjacent to an activating group) is 1. The summed E-state index contributed by atoms with van der Waals surface area (Å²) in [6.07, 6.45) is -3.60. The van der Waals surface area contributed by atoms with Crippen molar-refractivity contribution < 1.29 is 28.2 Å². The number of carbonyl (C=O) groups excluding carboxylic acids is 1. The molecule has 4 heterocycles. The maximum absolute atomic E-state index is 12.7. The molecule has 0 saturated carbocycles. The standard InChI is InChI=1S/C31H36F2N8O4/c1-19-17-39(2)12-13-41(19)24-5-7-26(38-30(24)44-3)37-27-15-23(35-18-36-27)20-4-6-25(21(14-20)16-34)45-22-8-10-40(11-9-22)31(43)28(42)29(32)33/h4-7,14-15,18-19,22,28-29,42H,8-13,17H2,1-3H3,(H,35,36,37,38)/t19-,28+/m0/s1. The summed E-state index contributed by atoms with van der Waals surface area (Å²) >= 11 is 0. The third-order valence-electron chi connectivity index (χ3n) is 8.03. The number of nitrogens with zero attached hydrogens (tertiary/aromatic N) is 7. The van der Waals surface area contributed by atoms with E-state index >= 15 is 0 Å². The Balaban J connectivity index is 1.25. The summed E-state index contributed by atoms with van der Waals surface area (Å²) in [6.45, 7) is 5.30. The molecule has 2 N–H and O–H groups in total. The van der Waals surface area contributed by atoms with Crippen LogP contribution in [0.5, 0.6) is 11.6 Å². The number of benzene rings is 1. The van der Waals surface area contributed by atoms with Gasteiger partial charge < -0.3 is 34.6 Å². The van der Waals surface area contributed by atoms with E-state index in [2.05, 4.69) is 50.1 Å². The van der Waals surface area contributed by atoms with Crippen LogP contribution >= 0.6 is 0 Å². The van der Waals surface area contributed by atoms with Crippen molar-refractivity contribution in [3.63, 3.8) is 0 Å². The molecule has 3 aromatic rings. The zero-order valence-corrected chi connectivity index (χ0v) is 25.4. The van der Waals surface area contributed by atoms with E-state index in [4.69, 9.17) is 9.47 Å². The number of aromatic nitrogens is 3. The number of anilines is 3. The number of ether oxygens (including phenoxy) is 2. The van der Waals surface area contributed by atoms with Gasteiger partial charge in [0.25, 0.3) is 12.3 Å². The predicted molar refractivity (Wildman–Crippen MR) is 163 cm³/mol. The Bertz CT molecular complexity index is 1550. The van der Waals surface area contributed by atoms with E-state index in [0.29, 0.717) is 59.0 Å². The van der Waals surface area contributed by atoms with Crippen LogP contribution in [0.4, 0.5) is 26.1 Å². The average molecular weight is 623 g/mol. The average Bonchev–Trinajstić information content (AvgIpc) is 3.05. The molecule has 0 radical (unpaired) electrons. The van der Waals surface area contributed by atoms with Crippen molar-refractivity contribution in [3.05, 3.63) is 48.3 Å². The Kier molecular flexibility index (Phi) is 9.90. The van der Waals surface area contributed by atoms with Crippen LogP contribution in [0.15, 0.2) is 42.7 Å². The lowest BCUT2D eigenvalue weighted by Crippen LogP contribution is -2.50. The van der Waals surface area contributed by atoms with E-state index in [1.54, 1.807) is 31.4 Å². The molecule has 238 valence electrons. The molecule has 2 aliphatic heterocycles. The minimum absolute atomic E-state index is 0.169. The molecular weight excluding hydrogens is 586 g/mol. The zero-order valence-electron chi connectivity index (χ0n) is 25.4. The van der Waals surface area contributed by atoms with Gasteiger partial charge in [-0.2, -0.15) is 10.2 Å². The lowest BCUT2D eigenvalue weighted by Gasteiger charge is -2.40. The van der Waals surface area contributed by atoms with Gasteiger partial charge in [0.05, 0.1) is 18.4 Å². The highest BCUT2D eigenvalue weighted by Crippen LogP contribution is 2.32. The summed E-state index contributed by atoms with van der Waals surface area (Å²) in [4.78, 5) is 31.2. The van der Waals surface area contributed by atoms with Crippen LogP contribution in [-0.4, -0.2) is 107 Å². The van der Waals surface area contributed by atoms with Gasteiger partial charge in [0.2, 0.25) is 5.88 Å². The van der Waals surface area contributed by atoms with Gasteiger partial charge in [-0.3, -0.25) is 4.79 Å². The molecule has 1 amide bonds. The number of halogens is 2. The van der Waals surface area contributed by atoms with Gasteiger partial charge in [0.15, 0.2) is 6.10 Å². The number of methoxy groups -OCH3 is 1. The molecule has 45 heavy (non-hydrogen) atoms. The van der Waals surface area contributed by atoms with Gasteiger partial charge >= 0.3 is 0 Å². The quantitative estimate of drug-likeness (QED) is 0.363. The van der Waals surface area contributed by atoms with E-state index in [9.17, 15) is 23.9 Å². The number of aliphatic hydroxyl groups is 1. The molecule has 2 saturated heterocycles. The number of piperazine rings is 1. The predicted octanol–water partition coefficient (Wildman–Crippen LogP) is 3.30. The fourth-order valence-corrected chi connectivity index (χ4v) is 5.63. The van der Waals surface area contributed by atoms with Gasteiger partial charge in [-0.1, -0.05) is 0 Å². The number of piperidine rings is 1. The number of rotatable bonds is 9. The number of hydrogen-bond donors (Lipinski definition) is 2. The fraction of sp³-hybridized carbons (Fsp3) is 0.452. The topological polar surface area (TPSA) is 140 Å². The number of nitriles is 1. The monoisotopic (exact) mass is 622 g/mol. The number of aliphatic hydroxyl groups excluding tert-OH is 1. The summed E-state index contributed by atoms with van der Waals surface area (Å²) < 4.78 is 37.1. The Morgan fingerprint density at radius 2 is 1.89 bits per heavy atom. The Labute approximate surface area is 260 Å². The molecule has 0 spiro atoms. The van der Waals surface area contributed by atoms with Crippen molar-refractivity contribution in [2.24, 2.45) is 0 Å². The molecule has 2 aromatic heterocycles. The van der Waals surface area contributed by atoms with Crippen LogP contribution in [0.3, 0.4) is 0 Å². The largest absolute Gasteiger partial charge is 0.489 e. The van der Waals surface area contributed by atoms with Crippen LogP contribution in [0, 0.1) is 11.3 Å². The third kappa shape index (κ3) is 7.38. The highest BCUT2D eigenvalue weighted by atomic mass is 19.3. The molecule has 12 nitrogen and oxygen atoms in total. The van der Waals surface area contributed by atoms with Crippen LogP contribution in [-0.2, 0) is 4.79 Å². The zero-order chi connectivity index (χ0) is 32.1. The first-order valence-corrected chi connectivity index (χ1v) is 14.7. The summed E-state index contributed by atoms with van der Waals surface area (Å²) in [6, 6.07) is 13.2. The van der Waals surface area contributed by atoms with Crippen molar-refractivity contribution in [2.75, 3.05) is 57.1 Å². The van der Waals surface area contributed by atoms with Gasteiger partial charge in [0, 0.05) is 63.2 Å². The molecule has 2 aliphatic rings. The summed E-state index contributed by atoms with van der Waals surface area (Å²) in [5, 5.41) is 22.4. The van der Waals surface area contributed by atoms with Crippen molar-refractivity contribution in [3.8, 4) is 29.0 Å². The maximum atomic E-state index is 12.7. The van der Waals surface area contributed by atoms with Crippen molar-refractivity contribution in [1.29, 1.82) is 5.26 Å². The Morgan fingerprint density at radius 3 is 2.58 bits per heavy atom. The SMILES string of the molecule is COc1nc(Nc2cc(-c3ccc(OC4CCN(C(=O)[C@H](O)C(F)F)CC4)c(C#N)c3)ncn2)ccc1N1CCN(C)C[C@@H]1C. The Hall–Kier alpha value is -4.61. The Morgan fingerprint density at radius 1 is 1.11 bits per heavy atom. The fourth-order valence-electron chi connectivity index (χ4n) is 5.63. The second-order valence-electron chi connectivity index (χ2n) is 11.2. The molecule has 1 aromatic carbocycles. The van der Waals surface area contributed by atoms with Gasteiger partial charge in [-0.05, 0) is 44.3 Å². The molecule has 0 unspecified atom stereocenters. The smallest absolute Gasteiger partial charge is 0.273 e. The summed E-state index contributed by atoms with van der Waals surface area (Å²) in [5.41, 5.74) is 2.49. The number of nitrogens with one attached hydrogen (secondary N) is 1. The first-order valence-electron chi connectivity index (χ1n) is 14.7. The molecule has 5 rings (SSSR count). The second-order valence-corrected chi connectivity index (χ2v) is 11.2. The van der Waals surface area contributed by atoms with E-state index in [1.807, 2.05) is 12.1 Å². The molecule has 14 heteroatoms. The molecule has 0 bridgehead atoms. The second kappa shape index (κ2) is 14.0. The van der Waals surface area contributed by atoms with E-state index < -0.39 is 18.4 Å². The van der Waals surface area contributed by atoms with Crippen LogP contribution < -0.4 is 19.7 Å². The lowest BCUT2D eigenvalue weighted by molar-refractivity contribution is -0.150.